The first kappa shape index (κ1) is 35.1. The average molecular weight is 635 g/mol. The molecule has 0 saturated carbocycles. The first-order valence-corrected chi connectivity index (χ1v) is 13.8. The van der Waals surface area contributed by atoms with Crippen molar-refractivity contribution in [3.63, 3.8) is 0 Å². The van der Waals surface area contributed by atoms with Crippen molar-refractivity contribution >= 4 is 0 Å². The summed E-state index contributed by atoms with van der Waals surface area (Å²) in [5.41, 5.74) is 0. The molecule has 0 aromatic carbocycles. The number of ether oxygens (including phenoxy) is 7. The molecule has 4 saturated heterocycles. The highest BCUT2D eigenvalue weighted by molar-refractivity contribution is 4.96. The molecule has 19 heteroatoms. The summed E-state index contributed by atoms with van der Waals surface area (Å²) in [4.78, 5) is 0. The van der Waals surface area contributed by atoms with Crippen molar-refractivity contribution in [1.82, 2.24) is 0 Å². The van der Waals surface area contributed by atoms with E-state index in [0.717, 1.165) is 0 Å². The van der Waals surface area contributed by atoms with Crippen molar-refractivity contribution in [2.75, 3.05) is 13.2 Å². The van der Waals surface area contributed by atoms with Crippen LogP contribution in [-0.4, -0.2) is 197 Å². The summed E-state index contributed by atoms with van der Waals surface area (Å²) in [6.45, 7) is 1.37. The summed E-state index contributed by atoms with van der Waals surface area (Å²) >= 11 is 0. The third-order valence-electron chi connectivity index (χ3n) is 8.12. The molecule has 4 aliphatic heterocycles. The van der Waals surface area contributed by atoms with E-state index in [1.807, 2.05) is 0 Å². The molecule has 0 amide bonds. The molecule has 4 rings (SSSR count). The van der Waals surface area contributed by atoms with Crippen molar-refractivity contribution in [2.24, 2.45) is 0 Å². The van der Waals surface area contributed by atoms with Crippen LogP contribution in [0.5, 0.6) is 0 Å². The summed E-state index contributed by atoms with van der Waals surface area (Å²) in [5.74, 6) is 0. The van der Waals surface area contributed by atoms with Crippen molar-refractivity contribution in [2.45, 2.75) is 137 Å². The van der Waals surface area contributed by atoms with Gasteiger partial charge in [-0.3, -0.25) is 0 Å². The molecule has 0 spiro atoms. The highest BCUT2D eigenvalue weighted by Gasteiger charge is 2.54. The molecule has 12 N–H and O–H groups in total. The van der Waals surface area contributed by atoms with E-state index in [0.29, 0.717) is 0 Å². The Morgan fingerprint density at radius 3 is 1.28 bits per heavy atom. The number of rotatable bonds is 8. The molecular formula is C24H42O19. The minimum Gasteiger partial charge on any atom is -0.394 e. The van der Waals surface area contributed by atoms with E-state index in [1.54, 1.807) is 0 Å². The van der Waals surface area contributed by atoms with Crippen LogP contribution in [0.2, 0.25) is 0 Å². The van der Waals surface area contributed by atoms with Gasteiger partial charge in [0.15, 0.2) is 25.2 Å². The van der Waals surface area contributed by atoms with Gasteiger partial charge in [-0.2, -0.15) is 0 Å². The lowest BCUT2D eigenvalue weighted by molar-refractivity contribution is -0.383. The standard InChI is InChI=1S/C24H42O19/c1-5-18(13(31)16(34)23(38-5)43-20-10(28)8(4-26)39-21(36)17(20)35)41-22-15(33)12(30)19(6(2)37-22)42-24-14(32)11(29)9(27)7(3-25)40-24/h5-36H,3-4H2,1-2H3/t5-,6-,7+,8+,9-,10+,11-,12-,13-,14+,15-,16-,17+,18+,19+,20-,21-,22-,23-,24-/m0/s1. The van der Waals surface area contributed by atoms with Gasteiger partial charge >= 0.3 is 0 Å². The van der Waals surface area contributed by atoms with Crippen LogP contribution in [0.1, 0.15) is 13.8 Å². The minimum absolute atomic E-state index is 0.717. The molecule has 4 aliphatic rings. The first-order valence-electron chi connectivity index (χ1n) is 13.8. The topological polar surface area (TPSA) is 307 Å². The van der Waals surface area contributed by atoms with Gasteiger partial charge in [-0.05, 0) is 13.8 Å². The van der Waals surface area contributed by atoms with Gasteiger partial charge in [-0.25, -0.2) is 0 Å². The van der Waals surface area contributed by atoms with Crippen molar-refractivity contribution in [3.05, 3.63) is 0 Å². The number of aliphatic hydroxyl groups is 12. The molecule has 19 nitrogen and oxygen atoms in total. The number of aliphatic hydroxyl groups excluding tert-OH is 12. The zero-order chi connectivity index (χ0) is 31.9. The van der Waals surface area contributed by atoms with Gasteiger partial charge in [0.1, 0.15) is 85.5 Å². The Balaban J connectivity index is 1.38. The van der Waals surface area contributed by atoms with E-state index in [1.165, 1.54) is 13.8 Å². The quantitative estimate of drug-likeness (QED) is 0.118. The maximum absolute atomic E-state index is 10.8. The van der Waals surface area contributed by atoms with Crippen LogP contribution in [0.4, 0.5) is 0 Å². The van der Waals surface area contributed by atoms with Crippen LogP contribution in [0, 0.1) is 0 Å². The van der Waals surface area contributed by atoms with Crippen molar-refractivity contribution in [3.8, 4) is 0 Å². The monoisotopic (exact) mass is 634 g/mol. The summed E-state index contributed by atoms with van der Waals surface area (Å²) in [6.07, 6.45) is -31.7. The lowest BCUT2D eigenvalue weighted by Gasteiger charge is -2.48. The third kappa shape index (κ3) is 7.00. The van der Waals surface area contributed by atoms with E-state index >= 15 is 0 Å². The van der Waals surface area contributed by atoms with Crippen molar-refractivity contribution in [1.29, 1.82) is 0 Å². The molecule has 0 radical (unpaired) electrons. The fourth-order valence-electron chi connectivity index (χ4n) is 5.48. The van der Waals surface area contributed by atoms with Gasteiger partial charge in [-0.1, -0.05) is 0 Å². The molecule has 0 aliphatic carbocycles. The second-order valence-electron chi connectivity index (χ2n) is 11.1. The average Bonchev–Trinajstić information content (AvgIpc) is 2.98. The van der Waals surface area contributed by atoms with Gasteiger partial charge in [0.2, 0.25) is 0 Å². The lowest BCUT2D eigenvalue weighted by atomic mass is 9.96. The van der Waals surface area contributed by atoms with E-state index in [4.69, 9.17) is 33.2 Å². The minimum atomic E-state index is -1.86. The van der Waals surface area contributed by atoms with E-state index in [2.05, 4.69) is 0 Å². The molecular weight excluding hydrogens is 592 g/mol. The molecule has 0 aromatic heterocycles. The Labute approximate surface area is 244 Å². The predicted octanol–water partition coefficient (Wildman–Crippen LogP) is -7.69. The second kappa shape index (κ2) is 14.3. The highest BCUT2D eigenvalue weighted by Crippen LogP contribution is 2.33. The van der Waals surface area contributed by atoms with Crippen LogP contribution >= 0.6 is 0 Å². The smallest absolute Gasteiger partial charge is 0.187 e. The van der Waals surface area contributed by atoms with E-state index in [-0.39, 0.29) is 0 Å². The predicted molar refractivity (Wildman–Crippen MR) is 131 cm³/mol. The molecule has 20 atom stereocenters. The van der Waals surface area contributed by atoms with Crippen LogP contribution < -0.4 is 0 Å². The number of hydrogen-bond donors (Lipinski definition) is 12. The normalized spacial score (nSPS) is 54.8. The second-order valence-corrected chi connectivity index (χ2v) is 11.1. The largest absolute Gasteiger partial charge is 0.394 e. The van der Waals surface area contributed by atoms with Gasteiger partial charge in [0, 0.05) is 0 Å². The summed E-state index contributed by atoms with van der Waals surface area (Å²) < 4.78 is 38.1. The Kier molecular flexibility index (Phi) is 11.7. The van der Waals surface area contributed by atoms with Gasteiger partial charge in [-0.15, -0.1) is 0 Å². The van der Waals surface area contributed by atoms with Crippen LogP contribution in [0.3, 0.4) is 0 Å². The van der Waals surface area contributed by atoms with Gasteiger partial charge in [0.05, 0.1) is 25.4 Å². The molecule has 252 valence electrons. The SMILES string of the molecule is C[C@@H]1O[C@@H](O[C@@H]2[C@@H](O)[C@@H](O)O[C@H](CO)[C@H]2O)[C@@H](O)[C@H](O)[C@@H]1O[C@@H]1O[C@@H](C)[C@@H](O[C@@H]2O[C@H](CO)[C@H](O)[C@H](O)[C@H]2O)[C@@H](O)[C@@H]1O. The van der Waals surface area contributed by atoms with Gasteiger partial charge in [0.25, 0.3) is 0 Å². The van der Waals surface area contributed by atoms with Crippen molar-refractivity contribution < 1.29 is 94.4 Å². The van der Waals surface area contributed by atoms with Crippen LogP contribution in [0.25, 0.3) is 0 Å². The third-order valence-corrected chi connectivity index (χ3v) is 8.12. The molecule has 0 aromatic rings. The fourth-order valence-corrected chi connectivity index (χ4v) is 5.48. The summed E-state index contributed by atoms with van der Waals surface area (Å²) in [5, 5.41) is 122. The zero-order valence-electron chi connectivity index (χ0n) is 23.2. The molecule has 0 bridgehead atoms. The summed E-state index contributed by atoms with van der Waals surface area (Å²) in [6, 6.07) is 0. The fraction of sp³-hybridized carbons (Fsp3) is 1.00. The van der Waals surface area contributed by atoms with E-state index in [9.17, 15) is 61.3 Å². The maximum atomic E-state index is 10.8. The Morgan fingerprint density at radius 2 is 0.814 bits per heavy atom. The zero-order valence-corrected chi connectivity index (χ0v) is 23.2. The summed E-state index contributed by atoms with van der Waals surface area (Å²) in [7, 11) is 0. The van der Waals surface area contributed by atoms with E-state index < -0.39 is 136 Å². The molecule has 4 heterocycles. The van der Waals surface area contributed by atoms with Crippen LogP contribution in [-0.2, 0) is 33.2 Å². The Hall–Kier alpha value is -0.760. The Bertz CT molecular complexity index is 884. The van der Waals surface area contributed by atoms with Crippen LogP contribution in [0.15, 0.2) is 0 Å². The first-order chi connectivity index (χ1) is 20.2. The molecule has 4 fully saturated rings. The molecule has 43 heavy (non-hydrogen) atoms. The Morgan fingerprint density at radius 1 is 0.419 bits per heavy atom. The lowest BCUT2D eigenvalue weighted by Crippen LogP contribution is -2.66. The highest BCUT2D eigenvalue weighted by atomic mass is 16.8. The molecule has 0 unspecified atom stereocenters. The maximum Gasteiger partial charge on any atom is 0.187 e. The number of hydrogen-bond acceptors (Lipinski definition) is 19. The van der Waals surface area contributed by atoms with Gasteiger partial charge < -0.3 is 94.4 Å².